The maximum atomic E-state index is 14.1. The van der Waals surface area contributed by atoms with Gasteiger partial charge in [0.15, 0.2) is 0 Å². The van der Waals surface area contributed by atoms with Gasteiger partial charge in [-0.05, 0) is 24.5 Å². The van der Waals surface area contributed by atoms with E-state index in [0.717, 1.165) is 25.3 Å². The van der Waals surface area contributed by atoms with E-state index in [0.29, 0.717) is 12.0 Å². The lowest BCUT2D eigenvalue weighted by Gasteiger charge is -2.36. The number of hydrogen-bond acceptors (Lipinski definition) is 3. The molecule has 0 aliphatic heterocycles. The Hall–Kier alpha value is -1.04. The molecule has 1 aromatic rings. The summed E-state index contributed by atoms with van der Waals surface area (Å²) in [5.74, 6) is -2.56. The Bertz CT molecular complexity index is 482. The van der Waals surface area contributed by atoms with Crippen LogP contribution in [0.15, 0.2) is 18.2 Å². The van der Waals surface area contributed by atoms with Gasteiger partial charge in [0.2, 0.25) is 0 Å². The molecular weight excluding hydrogens is 326 g/mol. The molecular formula is C20H32F2O3. The minimum atomic E-state index is -1.23. The van der Waals surface area contributed by atoms with Gasteiger partial charge in [0.05, 0.1) is 0 Å². The number of rotatable bonds is 13. The van der Waals surface area contributed by atoms with Gasteiger partial charge in [0.25, 0.3) is 5.97 Å². The predicted molar refractivity (Wildman–Crippen MR) is 95.3 cm³/mol. The number of methoxy groups -OCH3 is 3. The Labute approximate surface area is 150 Å². The summed E-state index contributed by atoms with van der Waals surface area (Å²) >= 11 is 0. The molecule has 0 bridgehead atoms. The van der Waals surface area contributed by atoms with Crippen molar-refractivity contribution >= 4 is 0 Å². The molecule has 0 heterocycles. The lowest BCUT2D eigenvalue weighted by Crippen LogP contribution is -2.45. The highest BCUT2D eigenvalue weighted by Crippen LogP contribution is 2.32. The maximum absolute atomic E-state index is 14.1. The molecule has 25 heavy (non-hydrogen) atoms. The summed E-state index contributed by atoms with van der Waals surface area (Å²) in [5.41, 5.74) is 0.438. The van der Waals surface area contributed by atoms with Gasteiger partial charge in [-0.1, -0.05) is 51.5 Å². The molecule has 144 valence electrons. The highest BCUT2D eigenvalue weighted by molar-refractivity contribution is 5.19. The fourth-order valence-corrected chi connectivity index (χ4v) is 3.28. The van der Waals surface area contributed by atoms with Gasteiger partial charge in [0.1, 0.15) is 11.6 Å². The molecule has 0 aliphatic carbocycles. The van der Waals surface area contributed by atoms with Gasteiger partial charge in [-0.3, -0.25) is 0 Å². The van der Waals surface area contributed by atoms with Crippen molar-refractivity contribution in [2.45, 2.75) is 64.3 Å². The highest BCUT2D eigenvalue weighted by Gasteiger charge is 2.40. The molecule has 0 saturated heterocycles. The van der Waals surface area contributed by atoms with Gasteiger partial charge in [0, 0.05) is 33.3 Å². The van der Waals surface area contributed by atoms with E-state index >= 15 is 0 Å². The number of hydrogen-bond donors (Lipinski definition) is 0. The van der Waals surface area contributed by atoms with E-state index in [-0.39, 0.29) is 5.92 Å². The van der Waals surface area contributed by atoms with Crippen LogP contribution in [0, 0.1) is 17.6 Å². The van der Waals surface area contributed by atoms with E-state index in [1.165, 1.54) is 59.1 Å². The average Bonchev–Trinajstić information content (AvgIpc) is 2.61. The molecule has 0 N–H and O–H groups in total. The lowest BCUT2D eigenvalue weighted by atomic mass is 9.90. The normalized spacial score (nSPS) is 13.2. The fraction of sp³-hybridized carbons (Fsp3) is 0.700. The largest absolute Gasteiger partial charge is 0.331 e. The summed E-state index contributed by atoms with van der Waals surface area (Å²) < 4.78 is 43.7. The number of benzene rings is 1. The first kappa shape index (κ1) is 22.0. The maximum Gasteiger partial charge on any atom is 0.285 e. The molecule has 1 rings (SSSR count). The SMILES string of the molecule is CCCCCCCCC(Cc1ccc(F)cc1F)C(OC)(OC)OC. The molecule has 5 heteroatoms. The van der Waals surface area contributed by atoms with E-state index in [9.17, 15) is 8.78 Å². The third-order valence-corrected chi connectivity index (χ3v) is 4.74. The smallest absolute Gasteiger partial charge is 0.285 e. The fourth-order valence-electron chi connectivity index (χ4n) is 3.28. The first-order valence-electron chi connectivity index (χ1n) is 9.12. The van der Waals surface area contributed by atoms with Crippen molar-refractivity contribution < 1.29 is 23.0 Å². The summed E-state index contributed by atoms with van der Waals surface area (Å²) in [6, 6.07) is 3.66. The van der Waals surface area contributed by atoms with Crippen molar-refractivity contribution in [2.24, 2.45) is 5.92 Å². The molecule has 0 aromatic heterocycles. The standard InChI is InChI=1S/C20H32F2O3/c1-5-6-7-8-9-10-11-17(20(23-2,24-3)25-4)14-16-12-13-18(21)15-19(16)22/h12-13,15,17H,5-11,14H2,1-4H3. The van der Waals surface area contributed by atoms with Crippen LogP contribution in [0.5, 0.6) is 0 Å². The molecule has 1 unspecified atom stereocenters. The molecule has 0 aliphatic rings. The van der Waals surface area contributed by atoms with Crippen LogP contribution in [0.1, 0.15) is 57.4 Å². The van der Waals surface area contributed by atoms with Crippen molar-refractivity contribution in [3.8, 4) is 0 Å². The van der Waals surface area contributed by atoms with E-state index < -0.39 is 17.6 Å². The van der Waals surface area contributed by atoms with Gasteiger partial charge >= 0.3 is 0 Å². The van der Waals surface area contributed by atoms with Gasteiger partial charge in [-0.2, -0.15) is 0 Å². The van der Waals surface area contributed by atoms with Crippen molar-refractivity contribution in [3.05, 3.63) is 35.4 Å². The van der Waals surface area contributed by atoms with E-state index in [1.807, 2.05) is 0 Å². The van der Waals surface area contributed by atoms with Crippen LogP contribution in [0.4, 0.5) is 8.78 Å². The van der Waals surface area contributed by atoms with Crippen LogP contribution in [0.2, 0.25) is 0 Å². The van der Waals surface area contributed by atoms with Crippen molar-refractivity contribution in [3.63, 3.8) is 0 Å². The number of ether oxygens (including phenoxy) is 3. The summed E-state index contributed by atoms with van der Waals surface area (Å²) in [6.45, 7) is 2.19. The highest BCUT2D eigenvalue weighted by atomic mass is 19.1. The average molecular weight is 358 g/mol. The Morgan fingerprint density at radius 1 is 0.920 bits per heavy atom. The summed E-state index contributed by atoms with van der Waals surface area (Å²) in [6.07, 6.45) is 8.11. The topological polar surface area (TPSA) is 27.7 Å². The number of unbranched alkanes of at least 4 members (excludes halogenated alkanes) is 5. The summed E-state index contributed by atoms with van der Waals surface area (Å²) in [7, 11) is 4.55. The van der Waals surface area contributed by atoms with Crippen molar-refractivity contribution in [1.29, 1.82) is 0 Å². The van der Waals surface area contributed by atoms with Crippen LogP contribution >= 0.6 is 0 Å². The monoisotopic (exact) mass is 358 g/mol. The second kappa shape index (κ2) is 11.6. The summed E-state index contributed by atoms with van der Waals surface area (Å²) in [5, 5.41) is 0. The Balaban J connectivity index is 2.80. The molecule has 1 aromatic carbocycles. The molecule has 0 radical (unpaired) electrons. The van der Waals surface area contributed by atoms with Gasteiger partial charge in [-0.15, -0.1) is 0 Å². The van der Waals surface area contributed by atoms with Crippen LogP contribution in [-0.4, -0.2) is 27.3 Å². The molecule has 0 fully saturated rings. The van der Waals surface area contributed by atoms with Crippen LogP contribution in [0.25, 0.3) is 0 Å². The zero-order chi connectivity index (χ0) is 18.7. The predicted octanol–water partition coefficient (Wildman–Crippen LogP) is 5.47. The van der Waals surface area contributed by atoms with Crippen LogP contribution < -0.4 is 0 Å². The van der Waals surface area contributed by atoms with E-state index in [1.54, 1.807) is 0 Å². The van der Waals surface area contributed by atoms with Crippen molar-refractivity contribution in [1.82, 2.24) is 0 Å². The second-order valence-corrected chi connectivity index (χ2v) is 6.41. The minimum Gasteiger partial charge on any atom is -0.331 e. The zero-order valence-corrected chi connectivity index (χ0v) is 15.9. The second-order valence-electron chi connectivity index (χ2n) is 6.41. The van der Waals surface area contributed by atoms with Crippen LogP contribution in [0.3, 0.4) is 0 Å². The molecule has 0 saturated carbocycles. The van der Waals surface area contributed by atoms with Gasteiger partial charge in [-0.25, -0.2) is 8.78 Å². The summed E-state index contributed by atoms with van der Waals surface area (Å²) in [4.78, 5) is 0. The van der Waals surface area contributed by atoms with Crippen molar-refractivity contribution in [2.75, 3.05) is 21.3 Å². The van der Waals surface area contributed by atoms with E-state index in [2.05, 4.69) is 6.92 Å². The van der Waals surface area contributed by atoms with Gasteiger partial charge < -0.3 is 14.2 Å². The molecule has 0 spiro atoms. The molecule has 3 nitrogen and oxygen atoms in total. The minimum absolute atomic E-state index is 0.196. The lowest BCUT2D eigenvalue weighted by molar-refractivity contribution is -0.379. The Morgan fingerprint density at radius 2 is 1.52 bits per heavy atom. The third-order valence-electron chi connectivity index (χ3n) is 4.74. The first-order valence-corrected chi connectivity index (χ1v) is 9.12. The quantitative estimate of drug-likeness (QED) is 0.346. The van der Waals surface area contributed by atoms with Crippen LogP contribution in [-0.2, 0) is 20.6 Å². The molecule has 0 amide bonds. The van der Waals surface area contributed by atoms with E-state index in [4.69, 9.17) is 14.2 Å². The Kier molecular flexibility index (Phi) is 10.2. The molecule has 1 atom stereocenters. The first-order chi connectivity index (χ1) is 12.0. The third kappa shape index (κ3) is 6.65. The Morgan fingerprint density at radius 3 is 2.08 bits per heavy atom. The number of halogens is 2. The zero-order valence-electron chi connectivity index (χ0n) is 15.9.